The summed E-state index contributed by atoms with van der Waals surface area (Å²) < 4.78 is 26.0. The van der Waals surface area contributed by atoms with Gasteiger partial charge >= 0.3 is 0 Å². The van der Waals surface area contributed by atoms with E-state index >= 15 is 0 Å². The van der Waals surface area contributed by atoms with Gasteiger partial charge in [-0.1, -0.05) is 12.2 Å². The molecule has 0 aliphatic heterocycles. The highest BCUT2D eigenvalue weighted by Crippen LogP contribution is 2.30. The van der Waals surface area contributed by atoms with Gasteiger partial charge in [0.1, 0.15) is 15.6 Å². The third kappa shape index (κ3) is 2.31. The van der Waals surface area contributed by atoms with E-state index in [2.05, 4.69) is 4.98 Å². The number of nitrogens with zero attached hydrogens (tertiary/aromatic N) is 2. The van der Waals surface area contributed by atoms with Crippen molar-refractivity contribution in [1.82, 2.24) is 9.29 Å². The molecule has 0 saturated heterocycles. The van der Waals surface area contributed by atoms with Crippen LogP contribution in [0, 0.1) is 0 Å². The van der Waals surface area contributed by atoms with Crippen LogP contribution in [0.2, 0.25) is 0 Å². The fourth-order valence-corrected chi connectivity index (χ4v) is 3.37. The molecule has 0 aromatic carbocycles. The van der Waals surface area contributed by atoms with E-state index in [0.717, 1.165) is 12.8 Å². The van der Waals surface area contributed by atoms with E-state index in [0.29, 0.717) is 0 Å². The van der Waals surface area contributed by atoms with E-state index < -0.39 is 10.0 Å². The van der Waals surface area contributed by atoms with Gasteiger partial charge in [0.15, 0.2) is 0 Å². The van der Waals surface area contributed by atoms with E-state index in [1.54, 1.807) is 13.1 Å². The monoisotopic (exact) mass is 271 g/mol. The minimum absolute atomic E-state index is 0.00614. The van der Waals surface area contributed by atoms with Crippen LogP contribution in [0.1, 0.15) is 18.5 Å². The molecule has 0 bridgehead atoms. The van der Waals surface area contributed by atoms with Gasteiger partial charge in [-0.3, -0.25) is 4.98 Å². The van der Waals surface area contributed by atoms with Crippen molar-refractivity contribution in [3.05, 3.63) is 24.0 Å². The van der Waals surface area contributed by atoms with Crippen molar-refractivity contribution in [1.29, 1.82) is 0 Å². The van der Waals surface area contributed by atoms with Crippen molar-refractivity contribution in [2.75, 3.05) is 7.05 Å². The lowest BCUT2D eigenvalue weighted by Gasteiger charge is -2.17. The molecule has 0 spiro atoms. The van der Waals surface area contributed by atoms with E-state index in [1.165, 1.54) is 16.6 Å². The molecule has 1 heterocycles. The van der Waals surface area contributed by atoms with Crippen LogP contribution in [0.4, 0.5) is 0 Å². The summed E-state index contributed by atoms with van der Waals surface area (Å²) in [6, 6.07) is 3.14. The second kappa shape index (κ2) is 4.32. The van der Waals surface area contributed by atoms with Gasteiger partial charge < -0.3 is 5.73 Å². The number of thiocarbonyl (C=S) groups is 1. The van der Waals surface area contributed by atoms with Gasteiger partial charge in [-0.25, -0.2) is 8.42 Å². The quantitative estimate of drug-likeness (QED) is 0.807. The molecule has 1 saturated carbocycles. The largest absolute Gasteiger partial charge is 0.388 e. The Morgan fingerprint density at radius 1 is 1.59 bits per heavy atom. The van der Waals surface area contributed by atoms with E-state index in [-0.39, 0.29) is 21.6 Å². The molecule has 92 valence electrons. The van der Waals surface area contributed by atoms with Gasteiger partial charge in [-0.05, 0) is 25.0 Å². The van der Waals surface area contributed by atoms with Crippen molar-refractivity contribution < 1.29 is 8.42 Å². The number of sulfonamides is 1. The molecule has 0 amide bonds. The summed E-state index contributed by atoms with van der Waals surface area (Å²) in [5.41, 5.74) is 5.65. The summed E-state index contributed by atoms with van der Waals surface area (Å²) in [6.45, 7) is 0. The van der Waals surface area contributed by atoms with E-state index in [9.17, 15) is 8.42 Å². The van der Waals surface area contributed by atoms with Crippen LogP contribution in [0.15, 0.2) is 23.2 Å². The number of hydrogen-bond acceptors (Lipinski definition) is 4. The third-order valence-corrected chi connectivity index (χ3v) is 4.86. The van der Waals surface area contributed by atoms with Crippen molar-refractivity contribution in [3.8, 4) is 0 Å². The van der Waals surface area contributed by atoms with Crippen molar-refractivity contribution >= 4 is 27.2 Å². The van der Waals surface area contributed by atoms with Crippen LogP contribution < -0.4 is 5.73 Å². The minimum Gasteiger partial charge on any atom is -0.388 e. The number of rotatable bonds is 4. The second-order valence-electron chi connectivity index (χ2n) is 3.97. The molecule has 1 aliphatic carbocycles. The second-order valence-corrected chi connectivity index (χ2v) is 6.37. The molecular weight excluding hydrogens is 258 g/mol. The smallest absolute Gasteiger partial charge is 0.245 e. The standard InChI is InChI=1S/C10H13N3O2S2/c1-13(7-4-5-7)17(14,15)8-3-2-6-12-9(8)10(11)16/h2-3,6-7H,4-5H2,1H3,(H2,11,16). The Morgan fingerprint density at radius 2 is 2.24 bits per heavy atom. The first kappa shape index (κ1) is 12.4. The van der Waals surface area contributed by atoms with Gasteiger partial charge in [-0.15, -0.1) is 0 Å². The zero-order valence-corrected chi connectivity index (χ0v) is 11.0. The Hall–Kier alpha value is -1.05. The van der Waals surface area contributed by atoms with Gasteiger partial charge in [-0.2, -0.15) is 4.31 Å². The molecule has 0 atom stereocenters. The maximum atomic E-state index is 12.3. The van der Waals surface area contributed by atoms with E-state index in [4.69, 9.17) is 18.0 Å². The molecule has 1 fully saturated rings. The molecule has 1 aliphatic rings. The number of nitrogens with two attached hydrogens (primary N) is 1. The SMILES string of the molecule is CN(C1CC1)S(=O)(=O)c1cccnc1C(N)=S. The van der Waals surface area contributed by atoms with Gasteiger partial charge in [0, 0.05) is 19.3 Å². The molecular formula is C10H13N3O2S2. The fourth-order valence-electron chi connectivity index (χ4n) is 1.57. The van der Waals surface area contributed by atoms with Crippen molar-refractivity contribution in [2.45, 2.75) is 23.8 Å². The van der Waals surface area contributed by atoms with Crippen molar-refractivity contribution in [2.24, 2.45) is 5.73 Å². The summed E-state index contributed by atoms with van der Waals surface area (Å²) in [7, 11) is -1.98. The molecule has 0 radical (unpaired) electrons. The van der Waals surface area contributed by atoms with Crippen LogP contribution in [-0.4, -0.2) is 35.8 Å². The Morgan fingerprint density at radius 3 is 2.76 bits per heavy atom. The lowest BCUT2D eigenvalue weighted by atomic mass is 10.3. The van der Waals surface area contributed by atoms with Crippen LogP contribution in [0.5, 0.6) is 0 Å². The lowest BCUT2D eigenvalue weighted by molar-refractivity contribution is 0.464. The third-order valence-electron chi connectivity index (χ3n) is 2.72. The van der Waals surface area contributed by atoms with Crippen molar-refractivity contribution in [3.63, 3.8) is 0 Å². The topological polar surface area (TPSA) is 76.3 Å². The minimum atomic E-state index is -3.55. The van der Waals surface area contributed by atoms with Gasteiger partial charge in [0.25, 0.3) is 0 Å². The highest BCUT2D eigenvalue weighted by Gasteiger charge is 2.36. The summed E-state index contributed by atoms with van der Waals surface area (Å²) in [4.78, 5) is 4.01. The number of hydrogen-bond donors (Lipinski definition) is 1. The normalized spacial score (nSPS) is 16.1. The number of aromatic nitrogens is 1. The lowest BCUT2D eigenvalue weighted by Crippen LogP contribution is -2.31. The molecule has 17 heavy (non-hydrogen) atoms. The molecule has 2 rings (SSSR count). The maximum absolute atomic E-state index is 12.3. The molecule has 5 nitrogen and oxygen atoms in total. The van der Waals surface area contributed by atoms with Crippen LogP contribution >= 0.6 is 12.2 Å². The highest BCUT2D eigenvalue weighted by atomic mass is 32.2. The highest BCUT2D eigenvalue weighted by molar-refractivity contribution is 7.89. The Labute approximate surface area is 106 Å². The molecule has 1 aromatic heterocycles. The van der Waals surface area contributed by atoms with Crippen LogP contribution in [0.25, 0.3) is 0 Å². The Bertz CT molecular complexity index is 552. The van der Waals surface area contributed by atoms with Crippen LogP contribution in [-0.2, 0) is 10.0 Å². The van der Waals surface area contributed by atoms with Gasteiger partial charge in [0.2, 0.25) is 10.0 Å². The summed E-state index contributed by atoms with van der Waals surface area (Å²) in [5.74, 6) is 0. The number of pyridine rings is 1. The average Bonchev–Trinajstić information content (AvgIpc) is 3.11. The molecule has 1 aromatic rings. The molecule has 0 unspecified atom stereocenters. The molecule has 7 heteroatoms. The van der Waals surface area contributed by atoms with Crippen LogP contribution in [0.3, 0.4) is 0 Å². The summed E-state index contributed by atoms with van der Waals surface area (Å²) in [5, 5.41) is 0. The van der Waals surface area contributed by atoms with E-state index in [1.807, 2.05) is 0 Å². The Balaban J connectivity index is 2.49. The first-order valence-electron chi connectivity index (χ1n) is 5.17. The summed E-state index contributed by atoms with van der Waals surface area (Å²) in [6.07, 6.45) is 3.28. The first-order valence-corrected chi connectivity index (χ1v) is 7.02. The summed E-state index contributed by atoms with van der Waals surface area (Å²) >= 11 is 4.82. The Kier molecular flexibility index (Phi) is 3.15. The zero-order valence-electron chi connectivity index (χ0n) is 9.33. The van der Waals surface area contributed by atoms with Gasteiger partial charge in [0.05, 0.1) is 0 Å². The molecule has 2 N–H and O–H groups in total. The first-order chi connectivity index (χ1) is 7.94. The predicted molar refractivity (Wildman–Crippen MR) is 68.1 cm³/mol. The average molecular weight is 271 g/mol. The zero-order chi connectivity index (χ0) is 12.6. The maximum Gasteiger partial charge on any atom is 0.245 e. The predicted octanol–water partition coefficient (Wildman–Crippen LogP) is 0.499. The fraction of sp³-hybridized carbons (Fsp3) is 0.400.